The van der Waals surface area contributed by atoms with Crippen LogP contribution in [0, 0.1) is 6.92 Å². The van der Waals surface area contributed by atoms with Gasteiger partial charge in [-0.2, -0.15) is 17.5 Å². The summed E-state index contributed by atoms with van der Waals surface area (Å²) in [6.45, 7) is 3.80. The van der Waals surface area contributed by atoms with Crippen molar-refractivity contribution in [3.8, 4) is 11.1 Å². The maximum Gasteiger partial charge on any atom is 0.433 e. The summed E-state index contributed by atoms with van der Waals surface area (Å²) in [7, 11) is -3.20. The van der Waals surface area contributed by atoms with E-state index in [-0.39, 0.29) is 5.95 Å². The van der Waals surface area contributed by atoms with Crippen molar-refractivity contribution in [2.45, 2.75) is 13.1 Å². The number of aromatic nitrogens is 3. The van der Waals surface area contributed by atoms with Gasteiger partial charge in [0, 0.05) is 49.8 Å². The van der Waals surface area contributed by atoms with Crippen LogP contribution >= 0.6 is 0 Å². The van der Waals surface area contributed by atoms with Crippen LogP contribution in [-0.4, -0.2) is 60.1 Å². The third-order valence-electron chi connectivity index (χ3n) is 5.39. The van der Waals surface area contributed by atoms with Crippen molar-refractivity contribution in [3.05, 3.63) is 60.0 Å². The summed E-state index contributed by atoms with van der Waals surface area (Å²) >= 11 is 0. The van der Waals surface area contributed by atoms with E-state index in [1.807, 2.05) is 30.0 Å². The maximum atomic E-state index is 12.9. The number of sulfonamides is 1. The molecule has 1 aromatic carbocycles. The van der Waals surface area contributed by atoms with E-state index in [4.69, 9.17) is 0 Å². The zero-order valence-electron chi connectivity index (χ0n) is 18.5. The van der Waals surface area contributed by atoms with E-state index in [0.29, 0.717) is 31.9 Å². The van der Waals surface area contributed by atoms with E-state index in [1.54, 1.807) is 18.3 Å². The number of aryl methyl sites for hydroxylation is 1. The molecule has 12 heteroatoms. The first-order valence-corrected chi connectivity index (χ1v) is 12.3. The average molecular weight is 493 g/mol. The van der Waals surface area contributed by atoms with Crippen molar-refractivity contribution in [1.82, 2.24) is 19.3 Å². The molecule has 180 valence electrons. The number of rotatable bonds is 5. The van der Waals surface area contributed by atoms with Gasteiger partial charge in [0.15, 0.2) is 0 Å². The molecular formula is C22H23F3N6O2S. The van der Waals surface area contributed by atoms with Gasteiger partial charge in [-0.15, -0.1) is 0 Å². The van der Waals surface area contributed by atoms with Crippen LogP contribution in [0.2, 0.25) is 0 Å². The highest BCUT2D eigenvalue weighted by atomic mass is 32.2. The molecule has 2 aromatic heterocycles. The van der Waals surface area contributed by atoms with E-state index < -0.39 is 21.9 Å². The largest absolute Gasteiger partial charge is 0.433 e. The summed E-state index contributed by atoms with van der Waals surface area (Å²) in [5, 5.41) is 2.84. The number of benzene rings is 1. The molecule has 0 atom stereocenters. The fourth-order valence-electron chi connectivity index (χ4n) is 3.72. The number of alkyl halides is 3. The number of pyridine rings is 1. The van der Waals surface area contributed by atoms with E-state index >= 15 is 0 Å². The van der Waals surface area contributed by atoms with Gasteiger partial charge < -0.3 is 10.2 Å². The van der Waals surface area contributed by atoms with Crippen molar-refractivity contribution < 1.29 is 21.6 Å². The molecule has 1 N–H and O–H groups in total. The summed E-state index contributed by atoms with van der Waals surface area (Å²) in [6, 6.07) is 10.1. The fourth-order valence-corrected chi connectivity index (χ4v) is 4.55. The fraction of sp³-hybridized carbons (Fsp3) is 0.318. The third-order valence-corrected chi connectivity index (χ3v) is 6.70. The van der Waals surface area contributed by atoms with Crippen LogP contribution in [0.3, 0.4) is 0 Å². The molecule has 1 fully saturated rings. The van der Waals surface area contributed by atoms with Gasteiger partial charge in [-0.05, 0) is 48.4 Å². The normalized spacial score (nSPS) is 15.4. The molecule has 1 aliphatic rings. The molecule has 0 spiro atoms. The minimum atomic E-state index is -4.55. The summed E-state index contributed by atoms with van der Waals surface area (Å²) < 4.78 is 63.6. The minimum Gasteiger partial charge on any atom is -0.354 e. The van der Waals surface area contributed by atoms with Crippen molar-refractivity contribution in [1.29, 1.82) is 0 Å². The van der Waals surface area contributed by atoms with E-state index in [2.05, 4.69) is 20.3 Å². The number of hydrogen-bond donors (Lipinski definition) is 1. The van der Waals surface area contributed by atoms with E-state index in [0.717, 1.165) is 34.8 Å². The van der Waals surface area contributed by atoms with Gasteiger partial charge in [0.05, 0.1) is 6.26 Å². The molecular weight excluding hydrogens is 469 g/mol. The molecule has 0 amide bonds. The van der Waals surface area contributed by atoms with Crippen molar-refractivity contribution >= 4 is 27.5 Å². The van der Waals surface area contributed by atoms with E-state index in [9.17, 15) is 21.6 Å². The highest BCUT2D eigenvalue weighted by molar-refractivity contribution is 7.88. The Labute approximate surface area is 195 Å². The van der Waals surface area contributed by atoms with Gasteiger partial charge in [-0.3, -0.25) is 0 Å². The first-order chi connectivity index (χ1) is 16.0. The van der Waals surface area contributed by atoms with Gasteiger partial charge in [-0.25, -0.2) is 23.4 Å². The number of halogens is 3. The molecule has 0 aliphatic carbocycles. The first kappa shape index (κ1) is 23.9. The Balaban J connectivity index is 1.50. The molecule has 1 saturated heterocycles. The van der Waals surface area contributed by atoms with E-state index in [1.165, 1.54) is 10.6 Å². The second-order valence-corrected chi connectivity index (χ2v) is 10.0. The number of nitrogens with zero attached hydrogens (tertiary/aromatic N) is 5. The molecule has 0 bridgehead atoms. The molecule has 1 aliphatic heterocycles. The molecule has 34 heavy (non-hydrogen) atoms. The molecule has 8 nitrogen and oxygen atoms in total. The molecule has 0 radical (unpaired) electrons. The molecule has 3 aromatic rings. The number of anilines is 3. The lowest BCUT2D eigenvalue weighted by Gasteiger charge is -2.34. The number of piperazine rings is 1. The summed E-state index contributed by atoms with van der Waals surface area (Å²) in [4.78, 5) is 14.0. The minimum absolute atomic E-state index is 0.145. The van der Waals surface area contributed by atoms with Gasteiger partial charge >= 0.3 is 6.18 Å². The average Bonchev–Trinajstić information content (AvgIpc) is 2.78. The van der Waals surface area contributed by atoms with Crippen molar-refractivity contribution in [2.75, 3.05) is 42.7 Å². The van der Waals surface area contributed by atoms with Gasteiger partial charge in [0.2, 0.25) is 16.0 Å². The predicted octanol–water partition coefficient (Wildman–Crippen LogP) is 3.69. The summed E-state index contributed by atoms with van der Waals surface area (Å²) in [5.41, 5.74) is 2.09. The molecule has 0 unspecified atom stereocenters. The topological polar surface area (TPSA) is 91.3 Å². The highest BCUT2D eigenvalue weighted by Gasteiger charge is 2.32. The van der Waals surface area contributed by atoms with Crippen molar-refractivity contribution in [3.63, 3.8) is 0 Å². The van der Waals surface area contributed by atoms with Crippen LogP contribution < -0.4 is 10.2 Å². The van der Waals surface area contributed by atoms with Gasteiger partial charge in [0.1, 0.15) is 11.5 Å². The Kier molecular flexibility index (Phi) is 6.45. The van der Waals surface area contributed by atoms with Crippen LogP contribution in [0.4, 0.5) is 30.6 Å². The van der Waals surface area contributed by atoms with Crippen LogP contribution in [0.1, 0.15) is 11.3 Å². The first-order valence-electron chi connectivity index (χ1n) is 10.4. The Morgan fingerprint density at radius 1 is 0.971 bits per heavy atom. The van der Waals surface area contributed by atoms with Gasteiger partial charge in [-0.1, -0.05) is 6.07 Å². The maximum absolute atomic E-state index is 12.9. The lowest BCUT2D eigenvalue weighted by molar-refractivity contribution is -0.141. The summed E-state index contributed by atoms with van der Waals surface area (Å²) in [6.07, 6.45) is -0.563. The number of nitrogens with one attached hydrogen (secondary N) is 1. The Morgan fingerprint density at radius 3 is 2.32 bits per heavy atom. The predicted molar refractivity (Wildman–Crippen MR) is 123 cm³/mol. The monoisotopic (exact) mass is 492 g/mol. The molecule has 0 saturated carbocycles. The Hall–Kier alpha value is -3.25. The smallest absolute Gasteiger partial charge is 0.354 e. The second kappa shape index (κ2) is 9.18. The summed E-state index contributed by atoms with van der Waals surface area (Å²) in [5.74, 6) is 0.605. The highest BCUT2D eigenvalue weighted by Crippen LogP contribution is 2.30. The van der Waals surface area contributed by atoms with Crippen LogP contribution in [0.15, 0.2) is 48.8 Å². The zero-order valence-corrected chi connectivity index (χ0v) is 19.4. The molecule has 4 rings (SSSR count). The van der Waals surface area contributed by atoms with Crippen LogP contribution in [-0.2, 0) is 16.2 Å². The second-order valence-electron chi connectivity index (χ2n) is 8.03. The Bertz CT molecular complexity index is 1270. The lowest BCUT2D eigenvalue weighted by Crippen LogP contribution is -2.48. The SMILES string of the molecule is Cc1cc(Nc2nccc(C(F)(F)F)n2)cc(-c2ccc(N3CCN(S(C)(=O)=O)CC3)nc2)c1. The number of hydrogen-bond acceptors (Lipinski definition) is 7. The van der Waals surface area contributed by atoms with Crippen LogP contribution in [0.5, 0.6) is 0 Å². The van der Waals surface area contributed by atoms with Gasteiger partial charge in [0.25, 0.3) is 0 Å². The van der Waals surface area contributed by atoms with Crippen molar-refractivity contribution in [2.24, 2.45) is 0 Å². The van der Waals surface area contributed by atoms with Crippen LogP contribution in [0.25, 0.3) is 11.1 Å². The lowest BCUT2D eigenvalue weighted by atomic mass is 10.0. The molecule has 3 heterocycles. The quantitative estimate of drug-likeness (QED) is 0.581. The standard InChI is InChI=1S/C22H23F3N6O2S/c1-15-11-17(13-18(12-15)28-21-26-6-5-19(29-21)22(23,24)25)16-3-4-20(27-14-16)30-7-9-31(10-8-30)34(2,32)33/h3-6,11-14H,7-10H2,1-2H3,(H,26,28,29). The zero-order chi connectivity index (χ0) is 24.5. The Morgan fingerprint density at radius 2 is 1.71 bits per heavy atom. The third kappa shape index (κ3) is 5.62.